The maximum atomic E-state index is 12.3. The molecule has 1 aromatic carbocycles. The van der Waals surface area contributed by atoms with E-state index < -0.39 is 18.4 Å². The molecule has 0 unspecified atom stereocenters. The van der Waals surface area contributed by atoms with Crippen molar-refractivity contribution in [1.82, 2.24) is 24.6 Å². The zero-order valence-electron chi connectivity index (χ0n) is 19.0. The maximum Gasteiger partial charge on any atom is 0.323 e. The summed E-state index contributed by atoms with van der Waals surface area (Å²) in [4.78, 5) is 24.8. The van der Waals surface area contributed by atoms with Crippen LogP contribution in [0.3, 0.4) is 0 Å². The van der Waals surface area contributed by atoms with E-state index in [-0.39, 0.29) is 18.6 Å². The predicted octanol–water partition coefficient (Wildman–Crippen LogP) is 3.09. The van der Waals surface area contributed by atoms with Gasteiger partial charge in [-0.05, 0) is 51.6 Å². The lowest BCUT2D eigenvalue weighted by molar-refractivity contribution is -0.148. The summed E-state index contributed by atoms with van der Waals surface area (Å²) in [6, 6.07) is 8.56. The van der Waals surface area contributed by atoms with Gasteiger partial charge in [0.05, 0.1) is 25.1 Å². The van der Waals surface area contributed by atoms with Gasteiger partial charge in [0.2, 0.25) is 6.42 Å². The molecule has 3 rings (SSSR count). The minimum atomic E-state index is -2.80. The number of carbonyl (C=O) groups is 1. The van der Waals surface area contributed by atoms with E-state index in [0.29, 0.717) is 29.3 Å². The molecule has 2 heterocycles. The number of hydrogen-bond donors (Lipinski definition) is 2. The number of nitrogens with zero attached hydrogens (tertiary/aromatic N) is 4. The largest absolute Gasteiger partial charge is 0.462 e. The number of anilines is 1. The van der Waals surface area contributed by atoms with E-state index in [1.54, 1.807) is 27.1 Å². The SMILES string of the molecule is CC(C)OC(=O)[C@H](C)N[P@@](=S)(CO[C@H](C)Cn1cnc2c(N)ncnc21)Oc1ccccc1. The molecule has 2 aromatic heterocycles. The number of nitrogens with two attached hydrogens (primary N) is 1. The molecule has 10 nitrogen and oxygen atoms in total. The van der Waals surface area contributed by atoms with Gasteiger partial charge >= 0.3 is 5.97 Å². The summed E-state index contributed by atoms with van der Waals surface area (Å²) in [5, 5.41) is 3.15. The highest BCUT2D eigenvalue weighted by Crippen LogP contribution is 2.44. The van der Waals surface area contributed by atoms with Crippen molar-refractivity contribution in [3.63, 3.8) is 0 Å². The van der Waals surface area contributed by atoms with Crippen molar-refractivity contribution in [3.8, 4) is 5.75 Å². The highest BCUT2D eigenvalue weighted by molar-refractivity contribution is 8.11. The maximum absolute atomic E-state index is 12.3. The molecule has 0 aliphatic carbocycles. The highest BCUT2D eigenvalue weighted by Gasteiger charge is 2.28. The lowest BCUT2D eigenvalue weighted by Gasteiger charge is -2.28. The van der Waals surface area contributed by atoms with E-state index in [0.717, 1.165) is 0 Å². The Morgan fingerprint density at radius 1 is 1.18 bits per heavy atom. The number of rotatable bonds is 11. The van der Waals surface area contributed by atoms with E-state index in [1.807, 2.05) is 41.8 Å². The number of carbonyl (C=O) groups excluding carboxylic acids is 1. The number of esters is 1. The fourth-order valence-corrected chi connectivity index (χ4v) is 5.71. The summed E-state index contributed by atoms with van der Waals surface area (Å²) in [7, 11) is 0. The number of fused-ring (bicyclic) bond motifs is 1. The number of hydrogen-bond acceptors (Lipinski definition) is 9. The molecule has 3 atom stereocenters. The van der Waals surface area contributed by atoms with Crippen molar-refractivity contribution in [2.75, 3.05) is 12.1 Å². The third-order valence-corrected chi connectivity index (χ3v) is 7.14. The number of imidazole rings is 1. The van der Waals surface area contributed by atoms with Gasteiger partial charge in [-0.1, -0.05) is 18.2 Å². The number of aromatic nitrogens is 4. The van der Waals surface area contributed by atoms with E-state index in [4.69, 9.17) is 31.5 Å². The van der Waals surface area contributed by atoms with Crippen LogP contribution in [0.2, 0.25) is 0 Å². The Hall–Kier alpha value is -2.59. The lowest BCUT2D eigenvalue weighted by Crippen LogP contribution is -2.37. The van der Waals surface area contributed by atoms with Crippen LogP contribution in [-0.4, -0.2) is 50.1 Å². The second-order valence-electron chi connectivity index (χ2n) is 7.85. The first-order valence-corrected chi connectivity index (χ1v) is 13.4. The number of ether oxygens (including phenoxy) is 2. The summed E-state index contributed by atoms with van der Waals surface area (Å²) in [5.41, 5.74) is 7.03. The van der Waals surface area contributed by atoms with Crippen LogP contribution in [0.1, 0.15) is 27.7 Å². The van der Waals surface area contributed by atoms with Gasteiger partial charge in [0, 0.05) is 0 Å². The topological polar surface area (TPSA) is 126 Å². The van der Waals surface area contributed by atoms with Gasteiger partial charge in [0.1, 0.15) is 30.0 Å². The molecule has 12 heteroatoms. The monoisotopic (exact) mass is 492 g/mol. The number of nitrogen functional groups attached to an aromatic ring is 1. The fraction of sp³-hybridized carbons (Fsp3) is 0.429. The van der Waals surface area contributed by atoms with Crippen LogP contribution in [0.5, 0.6) is 5.75 Å². The minimum absolute atomic E-state index is 0.0987. The van der Waals surface area contributed by atoms with Crippen molar-refractivity contribution < 1.29 is 18.8 Å². The predicted molar refractivity (Wildman–Crippen MR) is 130 cm³/mol. The molecular weight excluding hydrogens is 463 g/mol. The quantitative estimate of drug-likeness (QED) is 0.304. The number of nitrogens with one attached hydrogen (secondary N) is 1. The van der Waals surface area contributed by atoms with E-state index in [9.17, 15) is 4.79 Å². The van der Waals surface area contributed by atoms with Gasteiger partial charge in [-0.25, -0.2) is 20.0 Å². The van der Waals surface area contributed by atoms with Crippen LogP contribution < -0.4 is 15.3 Å². The van der Waals surface area contributed by atoms with Crippen molar-refractivity contribution in [2.24, 2.45) is 0 Å². The molecule has 0 radical (unpaired) electrons. The van der Waals surface area contributed by atoms with Gasteiger partial charge in [-0.3, -0.25) is 4.79 Å². The second-order valence-corrected chi connectivity index (χ2v) is 11.7. The molecule has 0 saturated carbocycles. The summed E-state index contributed by atoms with van der Waals surface area (Å²) < 4.78 is 19.3. The average Bonchev–Trinajstić information content (AvgIpc) is 3.16. The standard InChI is InChI=1S/C21H29N6O4PS/c1-14(2)30-21(28)16(4)26-32(33,31-17-8-6-5-7-9-17)13-29-15(3)10-27-12-25-18-19(22)23-11-24-20(18)27/h5-9,11-12,14-16H,10,13H2,1-4H3,(H,26,33)(H2,22,23,24)/t15-,16+,32+/m1/s1. The lowest BCUT2D eigenvalue weighted by atomic mass is 10.3. The summed E-state index contributed by atoms with van der Waals surface area (Å²) in [6.07, 6.45) is -0.138. The highest BCUT2D eigenvalue weighted by atomic mass is 32.4. The number of para-hydroxylation sites is 1. The van der Waals surface area contributed by atoms with Crippen LogP contribution in [0.25, 0.3) is 11.2 Å². The molecular formula is C21H29N6O4PS. The Bertz CT molecular complexity index is 1130. The first kappa shape index (κ1) is 25.0. The molecule has 33 heavy (non-hydrogen) atoms. The average molecular weight is 493 g/mol. The molecule has 0 saturated heterocycles. The van der Waals surface area contributed by atoms with E-state index in [2.05, 4.69) is 20.0 Å². The van der Waals surface area contributed by atoms with Gasteiger partial charge in [0.15, 0.2) is 11.5 Å². The molecule has 0 bridgehead atoms. The van der Waals surface area contributed by atoms with Crippen molar-refractivity contribution in [1.29, 1.82) is 0 Å². The van der Waals surface area contributed by atoms with E-state index >= 15 is 0 Å². The Morgan fingerprint density at radius 2 is 1.91 bits per heavy atom. The zero-order valence-corrected chi connectivity index (χ0v) is 20.8. The van der Waals surface area contributed by atoms with Crippen LogP contribution in [0, 0.1) is 0 Å². The smallest absolute Gasteiger partial charge is 0.323 e. The molecule has 0 aliphatic rings. The Balaban J connectivity index is 1.70. The van der Waals surface area contributed by atoms with E-state index in [1.165, 1.54) is 6.33 Å². The second kappa shape index (κ2) is 11.0. The third kappa shape index (κ3) is 6.94. The fourth-order valence-electron chi connectivity index (χ4n) is 3.01. The van der Waals surface area contributed by atoms with Gasteiger partial charge in [-0.15, -0.1) is 0 Å². The van der Waals surface area contributed by atoms with Crippen molar-refractivity contribution in [2.45, 2.75) is 52.5 Å². The Morgan fingerprint density at radius 3 is 2.61 bits per heavy atom. The van der Waals surface area contributed by atoms with Crippen LogP contribution >= 0.6 is 6.42 Å². The molecule has 0 aliphatic heterocycles. The van der Waals surface area contributed by atoms with Gasteiger partial charge < -0.3 is 24.3 Å². The molecule has 0 fully saturated rings. The minimum Gasteiger partial charge on any atom is -0.462 e. The molecule has 3 N–H and O–H groups in total. The van der Waals surface area contributed by atoms with Crippen LogP contribution in [0.4, 0.5) is 5.82 Å². The first-order chi connectivity index (χ1) is 15.7. The van der Waals surface area contributed by atoms with Gasteiger partial charge in [-0.2, -0.15) is 0 Å². The van der Waals surface area contributed by atoms with Crippen molar-refractivity contribution >= 4 is 41.2 Å². The Labute approximate surface area is 198 Å². The molecule has 0 amide bonds. The summed E-state index contributed by atoms with van der Waals surface area (Å²) in [5.74, 6) is 0.526. The summed E-state index contributed by atoms with van der Waals surface area (Å²) in [6.45, 7) is 7.67. The Kier molecular flexibility index (Phi) is 8.36. The van der Waals surface area contributed by atoms with Crippen LogP contribution in [0.15, 0.2) is 43.0 Å². The zero-order chi connectivity index (χ0) is 24.0. The summed E-state index contributed by atoms with van der Waals surface area (Å²) >= 11 is 5.84. The van der Waals surface area contributed by atoms with Gasteiger partial charge in [0.25, 0.3) is 0 Å². The third-order valence-electron chi connectivity index (χ3n) is 4.50. The van der Waals surface area contributed by atoms with Crippen LogP contribution in [-0.2, 0) is 32.6 Å². The number of benzene rings is 1. The molecule has 3 aromatic rings. The molecule has 178 valence electrons. The first-order valence-electron chi connectivity index (χ1n) is 10.5. The molecule has 0 spiro atoms. The van der Waals surface area contributed by atoms with Crippen molar-refractivity contribution in [3.05, 3.63) is 43.0 Å². The normalized spacial score (nSPS) is 15.2.